The van der Waals surface area contributed by atoms with E-state index < -0.39 is 18.5 Å². The van der Waals surface area contributed by atoms with Gasteiger partial charge in [0.2, 0.25) is 5.91 Å². The summed E-state index contributed by atoms with van der Waals surface area (Å²) >= 11 is 0. The summed E-state index contributed by atoms with van der Waals surface area (Å²) in [6.07, 6.45) is 1.44. The molecule has 0 aromatic heterocycles. The highest BCUT2D eigenvalue weighted by atomic mass is 16.5. The van der Waals surface area contributed by atoms with Crippen LogP contribution in [-0.2, 0) is 19.1 Å². The lowest BCUT2D eigenvalue weighted by Crippen LogP contribution is -2.32. The predicted molar refractivity (Wildman–Crippen MR) is 89.5 cm³/mol. The molecule has 0 bridgehead atoms. The Hall–Kier alpha value is -2.70. The van der Waals surface area contributed by atoms with Gasteiger partial charge in [-0.05, 0) is 30.0 Å². The third kappa shape index (κ3) is 4.91. The zero-order chi connectivity index (χ0) is 17.5. The van der Waals surface area contributed by atoms with Gasteiger partial charge in [-0.2, -0.15) is 5.10 Å². The van der Waals surface area contributed by atoms with Gasteiger partial charge in [-0.3, -0.25) is 9.59 Å². The lowest BCUT2D eigenvalue weighted by atomic mass is 9.99. The standard InChI is InChI=1S/C17H21N3O4/c1-3-11(2)12-4-6-13(7-5-12)18-16(22)10-24-17(23)14-8-9-15(21)20-19-14/h4-7,11H,3,8-10H2,1-2H3,(H,18,22)(H,20,21)/t11-/m1/s1. The lowest BCUT2D eigenvalue weighted by molar-refractivity contribution is -0.140. The van der Waals surface area contributed by atoms with Crippen molar-refractivity contribution in [2.75, 3.05) is 11.9 Å². The second-order valence-electron chi connectivity index (χ2n) is 5.65. The summed E-state index contributed by atoms with van der Waals surface area (Å²) in [5.74, 6) is -0.907. The van der Waals surface area contributed by atoms with E-state index in [1.54, 1.807) is 0 Å². The summed E-state index contributed by atoms with van der Waals surface area (Å²) in [5, 5.41) is 6.28. The van der Waals surface area contributed by atoms with Gasteiger partial charge in [0, 0.05) is 18.5 Å². The first-order chi connectivity index (χ1) is 11.5. The molecule has 0 saturated carbocycles. The molecule has 7 heteroatoms. The topological polar surface area (TPSA) is 96.9 Å². The molecule has 0 spiro atoms. The van der Waals surface area contributed by atoms with Crippen LogP contribution < -0.4 is 10.7 Å². The van der Waals surface area contributed by atoms with Crippen LogP contribution in [0, 0.1) is 0 Å². The fourth-order valence-electron chi connectivity index (χ4n) is 2.16. The first-order valence-corrected chi connectivity index (χ1v) is 7.92. The van der Waals surface area contributed by atoms with Crippen molar-refractivity contribution in [2.45, 2.75) is 39.0 Å². The molecule has 1 heterocycles. The zero-order valence-corrected chi connectivity index (χ0v) is 13.8. The van der Waals surface area contributed by atoms with Crippen molar-refractivity contribution in [3.05, 3.63) is 29.8 Å². The second-order valence-corrected chi connectivity index (χ2v) is 5.65. The normalized spacial score (nSPS) is 15.1. The monoisotopic (exact) mass is 331 g/mol. The van der Waals surface area contributed by atoms with Gasteiger partial charge in [0.25, 0.3) is 5.91 Å². The highest BCUT2D eigenvalue weighted by Crippen LogP contribution is 2.20. The molecule has 2 N–H and O–H groups in total. The molecule has 7 nitrogen and oxygen atoms in total. The number of ether oxygens (including phenoxy) is 1. The summed E-state index contributed by atoms with van der Waals surface area (Å²) in [7, 11) is 0. The van der Waals surface area contributed by atoms with Crippen LogP contribution in [0.5, 0.6) is 0 Å². The van der Waals surface area contributed by atoms with Crippen molar-refractivity contribution in [3.8, 4) is 0 Å². The Kier molecular flexibility index (Phi) is 6.06. The molecule has 0 aliphatic carbocycles. The van der Waals surface area contributed by atoms with Crippen LogP contribution in [0.1, 0.15) is 44.6 Å². The van der Waals surface area contributed by atoms with Gasteiger partial charge in [-0.25, -0.2) is 10.2 Å². The number of carbonyl (C=O) groups excluding carboxylic acids is 3. The van der Waals surface area contributed by atoms with E-state index in [1.807, 2.05) is 24.3 Å². The van der Waals surface area contributed by atoms with E-state index in [1.165, 1.54) is 5.56 Å². The van der Waals surface area contributed by atoms with Crippen LogP contribution in [0.4, 0.5) is 5.69 Å². The van der Waals surface area contributed by atoms with Gasteiger partial charge >= 0.3 is 5.97 Å². The predicted octanol–water partition coefficient (Wildman–Crippen LogP) is 1.95. The highest BCUT2D eigenvalue weighted by molar-refractivity contribution is 6.37. The average Bonchev–Trinajstić information content (AvgIpc) is 2.60. The molecular formula is C17H21N3O4. The number of nitrogens with zero attached hydrogens (tertiary/aromatic N) is 1. The van der Waals surface area contributed by atoms with Crippen molar-refractivity contribution in [3.63, 3.8) is 0 Å². The van der Waals surface area contributed by atoms with Gasteiger partial charge in [0.05, 0.1) is 0 Å². The number of amides is 2. The molecule has 2 amide bonds. The van der Waals surface area contributed by atoms with E-state index in [-0.39, 0.29) is 24.5 Å². The van der Waals surface area contributed by atoms with E-state index >= 15 is 0 Å². The number of esters is 1. The van der Waals surface area contributed by atoms with Crippen LogP contribution in [-0.4, -0.2) is 30.1 Å². The Bertz CT molecular complexity index is 652. The fraction of sp³-hybridized carbons (Fsp3) is 0.412. The minimum atomic E-state index is -0.697. The molecule has 1 atom stereocenters. The molecule has 24 heavy (non-hydrogen) atoms. The number of hydrazone groups is 1. The van der Waals surface area contributed by atoms with Crippen molar-refractivity contribution in [1.29, 1.82) is 0 Å². The van der Waals surface area contributed by atoms with E-state index in [9.17, 15) is 14.4 Å². The third-order valence-corrected chi connectivity index (χ3v) is 3.85. The first-order valence-electron chi connectivity index (χ1n) is 7.92. The summed E-state index contributed by atoms with van der Waals surface area (Å²) in [6, 6.07) is 7.58. The second kappa shape index (κ2) is 8.24. The minimum absolute atomic E-state index is 0.111. The van der Waals surface area contributed by atoms with E-state index in [4.69, 9.17) is 4.74 Å². The number of carbonyl (C=O) groups is 3. The molecule has 2 rings (SSSR count). The quantitative estimate of drug-likeness (QED) is 0.779. The van der Waals surface area contributed by atoms with Gasteiger partial charge < -0.3 is 10.1 Å². The summed E-state index contributed by atoms with van der Waals surface area (Å²) in [5.41, 5.74) is 4.17. The smallest absolute Gasteiger partial charge is 0.355 e. The molecule has 0 fully saturated rings. The summed E-state index contributed by atoms with van der Waals surface area (Å²) < 4.78 is 4.90. The van der Waals surface area contributed by atoms with Crippen LogP contribution in [0.2, 0.25) is 0 Å². The van der Waals surface area contributed by atoms with E-state index in [0.29, 0.717) is 11.6 Å². The molecule has 1 aromatic carbocycles. The van der Waals surface area contributed by atoms with Gasteiger partial charge in [0.15, 0.2) is 6.61 Å². The van der Waals surface area contributed by atoms with Crippen LogP contribution in [0.25, 0.3) is 0 Å². The molecule has 0 unspecified atom stereocenters. The first kappa shape index (κ1) is 17.7. The van der Waals surface area contributed by atoms with E-state index in [0.717, 1.165) is 6.42 Å². The number of hydrogen-bond donors (Lipinski definition) is 2. The molecule has 128 valence electrons. The number of benzene rings is 1. The molecule has 1 aliphatic heterocycles. The zero-order valence-electron chi connectivity index (χ0n) is 13.8. The van der Waals surface area contributed by atoms with Crippen molar-refractivity contribution in [2.24, 2.45) is 5.10 Å². The minimum Gasteiger partial charge on any atom is -0.451 e. The lowest BCUT2D eigenvalue weighted by Gasteiger charge is -2.12. The molecule has 0 saturated heterocycles. The Labute approximate surface area is 140 Å². The maximum Gasteiger partial charge on any atom is 0.355 e. The molecule has 1 aliphatic rings. The van der Waals surface area contributed by atoms with Crippen LogP contribution >= 0.6 is 0 Å². The van der Waals surface area contributed by atoms with Crippen molar-refractivity contribution < 1.29 is 19.1 Å². The average molecular weight is 331 g/mol. The van der Waals surface area contributed by atoms with Crippen molar-refractivity contribution in [1.82, 2.24) is 5.43 Å². The number of nitrogens with one attached hydrogen (secondary N) is 2. The fourth-order valence-corrected chi connectivity index (χ4v) is 2.16. The van der Waals surface area contributed by atoms with Crippen LogP contribution in [0.3, 0.4) is 0 Å². The number of hydrogen-bond acceptors (Lipinski definition) is 5. The number of rotatable bonds is 6. The van der Waals surface area contributed by atoms with Gasteiger partial charge in [-0.1, -0.05) is 26.0 Å². The Morgan fingerprint density at radius 3 is 2.58 bits per heavy atom. The highest BCUT2D eigenvalue weighted by Gasteiger charge is 2.20. The Balaban J connectivity index is 1.81. The largest absolute Gasteiger partial charge is 0.451 e. The molecule has 0 radical (unpaired) electrons. The SMILES string of the molecule is CC[C@@H](C)c1ccc(NC(=O)COC(=O)C2=NNC(=O)CC2)cc1. The maximum atomic E-state index is 11.8. The number of anilines is 1. The van der Waals surface area contributed by atoms with Gasteiger partial charge in [0.1, 0.15) is 5.71 Å². The molecular weight excluding hydrogens is 310 g/mol. The molecule has 1 aromatic rings. The maximum absolute atomic E-state index is 11.8. The van der Waals surface area contributed by atoms with Crippen LogP contribution in [0.15, 0.2) is 29.4 Å². The third-order valence-electron chi connectivity index (χ3n) is 3.85. The Morgan fingerprint density at radius 1 is 1.29 bits per heavy atom. The summed E-state index contributed by atoms with van der Waals surface area (Å²) in [6.45, 7) is 3.86. The Morgan fingerprint density at radius 2 is 2.00 bits per heavy atom. The summed E-state index contributed by atoms with van der Waals surface area (Å²) in [4.78, 5) is 34.5. The van der Waals surface area contributed by atoms with Crippen molar-refractivity contribution >= 4 is 29.2 Å². The van der Waals surface area contributed by atoms with E-state index in [2.05, 4.69) is 29.7 Å². The van der Waals surface area contributed by atoms with Gasteiger partial charge in [-0.15, -0.1) is 0 Å².